The van der Waals surface area contributed by atoms with Crippen LogP contribution in [-0.4, -0.2) is 50.9 Å². The number of hydrogen-bond donors (Lipinski definition) is 0. The molecule has 30 heavy (non-hydrogen) atoms. The summed E-state index contributed by atoms with van der Waals surface area (Å²) in [6.45, 7) is 2.12. The number of rotatable bonds is 7. The normalized spacial score (nSPS) is 20.9. The minimum absolute atomic E-state index is 0.0350. The molecule has 2 aromatic carbocycles. The van der Waals surface area contributed by atoms with Crippen molar-refractivity contribution in [2.24, 2.45) is 0 Å². The molecule has 2 fully saturated rings. The van der Waals surface area contributed by atoms with Crippen molar-refractivity contribution < 1.29 is 23.7 Å². The fourth-order valence-corrected chi connectivity index (χ4v) is 4.24. The largest absolute Gasteiger partial charge is 0.493 e. The van der Waals surface area contributed by atoms with Gasteiger partial charge in [-0.25, -0.2) is 0 Å². The first-order chi connectivity index (χ1) is 14.7. The number of amides is 1. The van der Waals surface area contributed by atoms with Crippen molar-refractivity contribution in [2.75, 3.05) is 34.0 Å². The molecule has 0 aromatic heterocycles. The molecule has 6 nitrogen and oxygen atoms in total. The number of benzene rings is 2. The van der Waals surface area contributed by atoms with Crippen LogP contribution in [0.4, 0.5) is 0 Å². The number of carbonyl (C=O) groups is 1. The summed E-state index contributed by atoms with van der Waals surface area (Å²) >= 11 is 0. The van der Waals surface area contributed by atoms with Crippen LogP contribution in [0.5, 0.6) is 17.2 Å². The van der Waals surface area contributed by atoms with E-state index in [1.807, 2.05) is 47.4 Å². The topological polar surface area (TPSA) is 57.2 Å². The monoisotopic (exact) mass is 411 g/mol. The zero-order valence-electron chi connectivity index (χ0n) is 17.6. The van der Waals surface area contributed by atoms with Crippen LogP contribution < -0.4 is 14.2 Å². The second kappa shape index (κ2) is 9.39. The van der Waals surface area contributed by atoms with E-state index in [1.165, 1.54) is 0 Å². The summed E-state index contributed by atoms with van der Waals surface area (Å²) in [7, 11) is 3.25. The Morgan fingerprint density at radius 3 is 2.53 bits per heavy atom. The molecule has 160 valence electrons. The Labute approximate surface area is 177 Å². The molecule has 2 aromatic rings. The predicted molar refractivity (Wildman–Crippen MR) is 113 cm³/mol. The van der Waals surface area contributed by atoms with Crippen molar-refractivity contribution >= 4 is 5.91 Å². The average molecular weight is 411 g/mol. The molecule has 0 bridgehead atoms. The third kappa shape index (κ3) is 4.38. The Bertz CT molecular complexity index is 860. The van der Waals surface area contributed by atoms with E-state index in [4.69, 9.17) is 18.9 Å². The molecule has 0 N–H and O–H groups in total. The van der Waals surface area contributed by atoms with E-state index >= 15 is 0 Å². The molecule has 2 saturated heterocycles. The summed E-state index contributed by atoms with van der Waals surface area (Å²) in [5.41, 5.74) is 1.74. The van der Waals surface area contributed by atoms with E-state index in [0.29, 0.717) is 23.7 Å². The van der Waals surface area contributed by atoms with Crippen molar-refractivity contribution in [3.63, 3.8) is 0 Å². The molecule has 0 spiro atoms. The molecule has 0 unspecified atom stereocenters. The van der Waals surface area contributed by atoms with Gasteiger partial charge in [0.2, 0.25) is 0 Å². The van der Waals surface area contributed by atoms with Crippen molar-refractivity contribution in [3.8, 4) is 17.2 Å². The van der Waals surface area contributed by atoms with Gasteiger partial charge in [-0.15, -0.1) is 0 Å². The van der Waals surface area contributed by atoms with Gasteiger partial charge in [-0.3, -0.25) is 4.79 Å². The van der Waals surface area contributed by atoms with Crippen molar-refractivity contribution in [1.82, 2.24) is 4.90 Å². The van der Waals surface area contributed by atoms with Crippen LogP contribution in [0, 0.1) is 0 Å². The van der Waals surface area contributed by atoms with Crippen molar-refractivity contribution in [2.45, 2.75) is 37.8 Å². The second-order valence-corrected chi connectivity index (χ2v) is 7.74. The molecule has 6 heteroatoms. The van der Waals surface area contributed by atoms with Gasteiger partial charge in [0.25, 0.3) is 5.91 Å². The van der Waals surface area contributed by atoms with Gasteiger partial charge in [0.05, 0.1) is 26.4 Å². The standard InChI is InChI=1S/C24H29NO5/c1-27-22-12-9-18(15-23(22)28-2)21-6-3-13-25(21)24(26)17-7-10-19(11-8-17)30-16-20-5-4-14-29-20/h7-12,15,20-21H,3-6,13-14,16H2,1-2H3/t20-,21+/m0/s1. The lowest BCUT2D eigenvalue weighted by Gasteiger charge is -2.26. The van der Waals surface area contributed by atoms with Gasteiger partial charge in [0.1, 0.15) is 12.4 Å². The average Bonchev–Trinajstić information content (AvgIpc) is 3.49. The highest BCUT2D eigenvalue weighted by Gasteiger charge is 2.31. The maximum atomic E-state index is 13.2. The number of nitrogens with zero attached hydrogens (tertiary/aromatic N) is 1. The number of likely N-dealkylation sites (tertiary alicyclic amines) is 1. The first-order valence-electron chi connectivity index (χ1n) is 10.6. The lowest BCUT2D eigenvalue weighted by molar-refractivity contribution is 0.0678. The van der Waals surface area contributed by atoms with Gasteiger partial charge >= 0.3 is 0 Å². The Morgan fingerprint density at radius 1 is 1.03 bits per heavy atom. The summed E-state index contributed by atoms with van der Waals surface area (Å²) in [4.78, 5) is 15.1. The molecule has 0 radical (unpaired) electrons. The summed E-state index contributed by atoms with van der Waals surface area (Å²) < 4.78 is 22.2. The quantitative estimate of drug-likeness (QED) is 0.682. The van der Waals surface area contributed by atoms with Gasteiger partial charge in [0, 0.05) is 18.7 Å². The fraction of sp³-hybridized carbons (Fsp3) is 0.458. The van der Waals surface area contributed by atoms with Crippen LogP contribution in [-0.2, 0) is 4.74 Å². The summed E-state index contributed by atoms with van der Waals surface area (Å²) in [6.07, 6.45) is 4.23. The van der Waals surface area contributed by atoms with Crippen LogP contribution in [0.3, 0.4) is 0 Å². The molecule has 0 aliphatic carbocycles. The van der Waals surface area contributed by atoms with Crippen molar-refractivity contribution in [3.05, 3.63) is 53.6 Å². The minimum atomic E-state index is 0.0350. The molecule has 2 aliphatic heterocycles. The minimum Gasteiger partial charge on any atom is -0.493 e. The zero-order valence-corrected chi connectivity index (χ0v) is 17.6. The molecular formula is C24H29NO5. The maximum Gasteiger partial charge on any atom is 0.254 e. The predicted octanol–water partition coefficient (Wildman–Crippen LogP) is 4.24. The van der Waals surface area contributed by atoms with E-state index < -0.39 is 0 Å². The third-order valence-electron chi connectivity index (χ3n) is 5.87. The molecule has 2 heterocycles. The Kier molecular flexibility index (Phi) is 6.43. The van der Waals surface area contributed by atoms with Gasteiger partial charge in [-0.1, -0.05) is 6.07 Å². The lowest BCUT2D eigenvalue weighted by atomic mass is 10.0. The van der Waals surface area contributed by atoms with E-state index in [2.05, 4.69) is 0 Å². The highest BCUT2D eigenvalue weighted by atomic mass is 16.5. The Hall–Kier alpha value is -2.73. The van der Waals surface area contributed by atoms with E-state index in [0.717, 1.165) is 50.1 Å². The first kappa shape index (κ1) is 20.5. The molecule has 4 rings (SSSR count). The maximum absolute atomic E-state index is 13.2. The Morgan fingerprint density at radius 2 is 1.83 bits per heavy atom. The van der Waals surface area contributed by atoms with Crippen LogP contribution in [0.2, 0.25) is 0 Å². The molecule has 0 saturated carbocycles. The van der Waals surface area contributed by atoms with Crippen LogP contribution in [0.25, 0.3) is 0 Å². The molecule has 2 aliphatic rings. The summed E-state index contributed by atoms with van der Waals surface area (Å²) in [5.74, 6) is 2.18. The molecule has 1 amide bonds. The number of carbonyl (C=O) groups excluding carboxylic acids is 1. The fourth-order valence-electron chi connectivity index (χ4n) is 4.24. The summed E-state index contributed by atoms with van der Waals surface area (Å²) in [5, 5.41) is 0. The van der Waals surface area contributed by atoms with Crippen LogP contribution in [0.1, 0.15) is 47.6 Å². The van der Waals surface area contributed by atoms with E-state index in [9.17, 15) is 4.79 Å². The number of hydrogen-bond acceptors (Lipinski definition) is 5. The van der Waals surface area contributed by atoms with Gasteiger partial charge in [0.15, 0.2) is 11.5 Å². The van der Waals surface area contributed by atoms with Gasteiger partial charge in [-0.2, -0.15) is 0 Å². The van der Waals surface area contributed by atoms with Crippen LogP contribution in [0.15, 0.2) is 42.5 Å². The highest BCUT2D eigenvalue weighted by Crippen LogP contribution is 2.37. The van der Waals surface area contributed by atoms with Gasteiger partial charge < -0.3 is 23.8 Å². The summed E-state index contributed by atoms with van der Waals surface area (Å²) in [6, 6.07) is 13.3. The molecular weight excluding hydrogens is 382 g/mol. The highest BCUT2D eigenvalue weighted by molar-refractivity contribution is 5.94. The third-order valence-corrected chi connectivity index (χ3v) is 5.87. The second-order valence-electron chi connectivity index (χ2n) is 7.74. The van der Waals surface area contributed by atoms with Crippen LogP contribution >= 0.6 is 0 Å². The first-order valence-corrected chi connectivity index (χ1v) is 10.6. The number of methoxy groups -OCH3 is 2. The van der Waals surface area contributed by atoms with E-state index in [-0.39, 0.29) is 18.1 Å². The SMILES string of the molecule is COc1ccc([C@H]2CCCN2C(=O)c2ccc(OC[C@@H]3CCCO3)cc2)cc1OC. The Balaban J connectivity index is 1.44. The lowest BCUT2D eigenvalue weighted by Crippen LogP contribution is -2.30. The molecule has 2 atom stereocenters. The van der Waals surface area contributed by atoms with Gasteiger partial charge in [-0.05, 0) is 67.6 Å². The zero-order chi connectivity index (χ0) is 20.9. The van der Waals surface area contributed by atoms with Crippen molar-refractivity contribution in [1.29, 1.82) is 0 Å². The van der Waals surface area contributed by atoms with E-state index in [1.54, 1.807) is 14.2 Å². The number of ether oxygens (including phenoxy) is 4. The smallest absolute Gasteiger partial charge is 0.254 e.